The van der Waals surface area contributed by atoms with Gasteiger partial charge in [-0.25, -0.2) is 0 Å². The van der Waals surface area contributed by atoms with Crippen LogP contribution in [0.25, 0.3) is 6.08 Å². The molecule has 2 saturated heterocycles. The van der Waals surface area contributed by atoms with Gasteiger partial charge >= 0.3 is 0 Å². The smallest absolute Gasteiger partial charge is 0.250 e. The fraction of sp³-hybridized carbons (Fsp3) is 0.286. The number of hydrogen-bond donors (Lipinski definition) is 2. The first-order valence-electron chi connectivity index (χ1n) is 6.07. The van der Waals surface area contributed by atoms with E-state index in [2.05, 4.69) is 10.6 Å². The molecule has 0 bridgehead atoms. The van der Waals surface area contributed by atoms with E-state index in [9.17, 15) is 9.59 Å². The predicted octanol–water partition coefficient (Wildman–Crippen LogP) is 0.499. The highest BCUT2D eigenvalue weighted by Crippen LogP contribution is 2.30. The molecular formula is C14H14N2O2. The maximum atomic E-state index is 12.2. The van der Waals surface area contributed by atoms with Crippen LogP contribution in [0.5, 0.6) is 0 Å². The van der Waals surface area contributed by atoms with Crippen LogP contribution >= 0.6 is 0 Å². The molecule has 0 aliphatic carbocycles. The third-order valence-corrected chi connectivity index (χ3v) is 3.64. The Morgan fingerprint density at radius 2 is 2.11 bits per heavy atom. The molecule has 4 heteroatoms. The molecule has 1 aromatic carbocycles. The predicted molar refractivity (Wildman–Crippen MR) is 67.8 cm³/mol. The maximum absolute atomic E-state index is 12.2. The van der Waals surface area contributed by atoms with E-state index in [1.165, 1.54) is 6.08 Å². The van der Waals surface area contributed by atoms with Gasteiger partial charge in [-0.3, -0.25) is 14.9 Å². The van der Waals surface area contributed by atoms with E-state index in [-0.39, 0.29) is 17.7 Å². The molecule has 2 N–H and O–H groups in total. The molecule has 2 heterocycles. The summed E-state index contributed by atoms with van der Waals surface area (Å²) in [6.45, 7) is 0.703. The summed E-state index contributed by atoms with van der Waals surface area (Å²) in [6.07, 6.45) is 4.07. The number of carbonyl (C=O) groups excluding carboxylic acids is 2. The molecule has 2 aliphatic rings. The summed E-state index contributed by atoms with van der Waals surface area (Å²) >= 11 is 0. The highest BCUT2D eigenvalue weighted by Gasteiger charge is 2.61. The summed E-state index contributed by atoms with van der Waals surface area (Å²) in [6, 6.07) is 9.54. The Bertz CT molecular complexity index is 524. The number of ketones is 1. The number of nitrogens with one attached hydrogen (secondary N) is 2. The summed E-state index contributed by atoms with van der Waals surface area (Å²) in [5.41, 5.74) is -0.0396. The van der Waals surface area contributed by atoms with E-state index in [1.807, 2.05) is 30.3 Å². The Morgan fingerprint density at radius 1 is 1.33 bits per heavy atom. The van der Waals surface area contributed by atoms with E-state index >= 15 is 0 Å². The van der Waals surface area contributed by atoms with Crippen molar-refractivity contribution >= 4 is 17.8 Å². The maximum Gasteiger partial charge on any atom is 0.250 e. The third kappa shape index (κ3) is 1.49. The Balaban J connectivity index is 1.80. The first kappa shape index (κ1) is 11.2. The molecule has 0 spiro atoms. The first-order chi connectivity index (χ1) is 8.73. The van der Waals surface area contributed by atoms with Crippen molar-refractivity contribution in [3.8, 4) is 0 Å². The number of benzene rings is 1. The van der Waals surface area contributed by atoms with Crippen molar-refractivity contribution in [2.75, 3.05) is 6.54 Å². The second-order valence-corrected chi connectivity index (χ2v) is 4.66. The molecular weight excluding hydrogens is 228 g/mol. The van der Waals surface area contributed by atoms with Gasteiger partial charge in [0.05, 0.1) is 6.04 Å². The summed E-state index contributed by atoms with van der Waals surface area (Å²) < 4.78 is 0. The lowest BCUT2D eigenvalue weighted by atomic mass is 9.79. The SMILES string of the molecule is O=C(C=Cc1ccccc1)[C@@]12NCC[C@H]1NC2=O. The van der Waals surface area contributed by atoms with Crippen LogP contribution in [-0.4, -0.2) is 29.8 Å². The Morgan fingerprint density at radius 3 is 2.78 bits per heavy atom. The molecule has 2 aliphatic heterocycles. The van der Waals surface area contributed by atoms with Crippen LogP contribution in [0.2, 0.25) is 0 Å². The molecule has 0 saturated carbocycles. The zero-order chi connectivity index (χ0) is 12.6. The highest BCUT2D eigenvalue weighted by molar-refractivity contribution is 6.21. The molecule has 92 valence electrons. The molecule has 2 fully saturated rings. The molecule has 3 rings (SSSR count). The topological polar surface area (TPSA) is 58.2 Å². The zero-order valence-corrected chi connectivity index (χ0v) is 9.85. The monoisotopic (exact) mass is 242 g/mol. The van der Waals surface area contributed by atoms with Crippen molar-refractivity contribution in [2.45, 2.75) is 18.0 Å². The van der Waals surface area contributed by atoms with Crippen LogP contribution in [0.4, 0.5) is 0 Å². The molecule has 0 radical (unpaired) electrons. The van der Waals surface area contributed by atoms with Gasteiger partial charge in [0.1, 0.15) is 0 Å². The lowest BCUT2D eigenvalue weighted by Crippen LogP contribution is -2.77. The fourth-order valence-electron chi connectivity index (χ4n) is 2.60. The van der Waals surface area contributed by atoms with E-state index in [4.69, 9.17) is 0 Å². The number of amides is 1. The normalized spacial score (nSPS) is 29.8. The van der Waals surface area contributed by atoms with Gasteiger partial charge in [-0.2, -0.15) is 0 Å². The van der Waals surface area contributed by atoms with Gasteiger partial charge in [0.2, 0.25) is 0 Å². The van der Waals surface area contributed by atoms with Gasteiger partial charge in [-0.05, 0) is 24.6 Å². The van der Waals surface area contributed by atoms with Crippen molar-refractivity contribution in [3.63, 3.8) is 0 Å². The molecule has 0 unspecified atom stereocenters. The Labute approximate surface area is 105 Å². The minimum atomic E-state index is -0.995. The third-order valence-electron chi connectivity index (χ3n) is 3.64. The van der Waals surface area contributed by atoms with Crippen LogP contribution in [0.3, 0.4) is 0 Å². The van der Waals surface area contributed by atoms with Gasteiger partial charge in [-0.15, -0.1) is 0 Å². The second-order valence-electron chi connectivity index (χ2n) is 4.66. The second kappa shape index (κ2) is 4.07. The number of rotatable bonds is 3. The van der Waals surface area contributed by atoms with E-state index in [0.717, 1.165) is 12.0 Å². The Hall–Kier alpha value is -1.94. The van der Waals surface area contributed by atoms with Crippen molar-refractivity contribution < 1.29 is 9.59 Å². The molecule has 1 amide bonds. The minimum Gasteiger partial charge on any atom is -0.348 e. The largest absolute Gasteiger partial charge is 0.348 e. The molecule has 0 aromatic heterocycles. The summed E-state index contributed by atoms with van der Waals surface area (Å²) in [5, 5.41) is 5.81. The van der Waals surface area contributed by atoms with Gasteiger partial charge in [-0.1, -0.05) is 36.4 Å². The first-order valence-corrected chi connectivity index (χ1v) is 6.07. The number of β-lactam (4-membered cyclic amide) rings is 1. The van der Waals surface area contributed by atoms with Crippen molar-refractivity contribution in [3.05, 3.63) is 42.0 Å². The standard InChI is InChI=1S/C14H14N2O2/c17-12(7-6-10-4-2-1-3-5-10)14-11(8-9-15-14)16-13(14)18/h1-7,11,15H,8-9H2,(H,16,18)/t11-,14+/m1/s1. The van der Waals surface area contributed by atoms with Crippen LogP contribution in [0.15, 0.2) is 36.4 Å². The average Bonchev–Trinajstić information content (AvgIpc) is 2.74. The van der Waals surface area contributed by atoms with Crippen molar-refractivity contribution in [1.82, 2.24) is 10.6 Å². The molecule has 2 atom stereocenters. The van der Waals surface area contributed by atoms with Gasteiger partial charge in [0.25, 0.3) is 5.91 Å². The van der Waals surface area contributed by atoms with E-state index in [0.29, 0.717) is 6.54 Å². The van der Waals surface area contributed by atoms with E-state index < -0.39 is 5.54 Å². The van der Waals surface area contributed by atoms with Crippen LogP contribution < -0.4 is 10.6 Å². The fourth-order valence-corrected chi connectivity index (χ4v) is 2.60. The molecule has 18 heavy (non-hydrogen) atoms. The van der Waals surface area contributed by atoms with Gasteiger partial charge in [0.15, 0.2) is 11.3 Å². The van der Waals surface area contributed by atoms with Crippen molar-refractivity contribution in [1.29, 1.82) is 0 Å². The number of hydrogen-bond acceptors (Lipinski definition) is 3. The minimum absolute atomic E-state index is 0.0436. The molecule has 4 nitrogen and oxygen atoms in total. The van der Waals surface area contributed by atoms with Crippen LogP contribution in [0, 0.1) is 0 Å². The quantitative estimate of drug-likeness (QED) is 0.461. The summed E-state index contributed by atoms with van der Waals surface area (Å²) in [5.74, 6) is -0.356. The Kier molecular flexibility index (Phi) is 2.52. The lowest BCUT2D eigenvalue weighted by Gasteiger charge is -2.41. The van der Waals surface area contributed by atoms with Crippen LogP contribution in [0.1, 0.15) is 12.0 Å². The summed E-state index contributed by atoms with van der Waals surface area (Å²) in [7, 11) is 0. The zero-order valence-electron chi connectivity index (χ0n) is 9.85. The number of fused-ring (bicyclic) bond motifs is 1. The lowest BCUT2D eigenvalue weighted by molar-refractivity contribution is -0.144. The van der Waals surface area contributed by atoms with Crippen molar-refractivity contribution in [2.24, 2.45) is 0 Å². The van der Waals surface area contributed by atoms with Gasteiger partial charge in [0, 0.05) is 0 Å². The van der Waals surface area contributed by atoms with E-state index in [1.54, 1.807) is 6.08 Å². The average molecular weight is 242 g/mol. The molecule has 1 aromatic rings. The van der Waals surface area contributed by atoms with Gasteiger partial charge < -0.3 is 5.32 Å². The summed E-state index contributed by atoms with van der Waals surface area (Å²) in [4.78, 5) is 23.9. The number of carbonyl (C=O) groups is 2. The van der Waals surface area contributed by atoms with Crippen LogP contribution in [-0.2, 0) is 9.59 Å². The highest BCUT2D eigenvalue weighted by atomic mass is 16.2.